The van der Waals surface area contributed by atoms with Crippen molar-refractivity contribution in [2.45, 2.75) is 24.8 Å². The molecule has 1 rings (SSSR count). The van der Waals surface area contributed by atoms with E-state index in [0.717, 1.165) is 6.07 Å². The molecule has 0 saturated heterocycles. The average molecular weight is 312 g/mol. The van der Waals surface area contributed by atoms with Gasteiger partial charge in [-0.05, 0) is 24.3 Å². The fraction of sp³-hybridized carbons (Fsp3) is 0.385. The largest absolute Gasteiger partial charge is 0.480 e. The number of nitrogens with one attached hydrogen (secondary N) is 1. The highest BCUT2D eigenvalue weighted by Gasteiger charge is 2.25. The van der Waals surface area contributed by atoms with E-state index in [2.05, 4.69) is 5.32 Å². The van der Waals surface area contributed by atoms with Gasteiger partial charge in [0.2, 0.25) is 0 Å². The van der Waals surface area contributed by atoms with Crippen molar-refractivity contribution in [1.82, 2.24) is 5.32 Å². The maximum Gasteiger partial charge on any atom is 0.326 e. The number of carbonyl (C=O) groups is 2. The maximum atomic E-state index is 12.0. The SMILES string of the molecule is CSc1ccc(C(=O)N[C@H](C(=O)O)C(C)C)cc1[N+](=O)[O-]. The van der Waals surface area contributed by atoms with E-state index in [1.165, 1.54) is 23.9 Å². The van der Waals surface area contributed by atoms with Crippen LogP contribution in [0.1, 0.15) is 24.2 Å². The van der Waals surface area contributed by atoms with E-state index in [1.807, 2.05) is 0 Å². The van der Waals surface area contributed by atoms with Gasteiger partial charge in [0.05, 0.1) is 9.82 Å². The average Bonchev–Trinajstić information content (AvgIpc) is 2.42. The molecule has 0 unspecified atom stereocenters. The Morgan fingerprint density at radius 1 is 1.38 bits per heavy atom. The first-order valence-corrected chi connectivity index (χ1v) is 7.36. The predicted octanol–water partition coefficient (Wildman–Crippen LogP) is 2.16. The molecule has 8 heteroatoms. The molecule has 0 aliphatic carbocycles. The molecule has 0 saturated carbocycles. The standard InChI is InChI=1S/C13H16N2O5S/c1-7(2)11(13(17)18)14-12(16)8-4-5-10(21-3)9(6-8)15(19)20/h4-7,11H,1-3H3,(H,14,16)(H,17,18)/t11-/m0/s1. The Morgan fingerprint density at radius 2 is 2.00 bits per heavy atom. The number of hydrogen-bond acceptors (Lipinski definition) is 5. The highest BCUT2D eigenvalue weighted by atomic mass is 32.2. The molecule has 0 aromatic heterocycles. The molecule has 0 heterocycles. The van der Waals surface area contributed by atoms with Crippen LogP contribution in [0.15, 0.2) is 23.1 Å². The number of hydrogen-bond donors (Lipinski definition) is 2. The van der Waals surface area contributed by atoms with Crippen LogP contribution in [-0.2, 0) is 4.79 Å². The Hall–Kier alpha value is -2.09. The van der Waals surface area contributed by atoms with Crippen molar-refractivity contribution in [2.75, 3.05) is 6.26 Å². The Labute approximate surface area is 125 Å². The summed E-state index contributed by atoms with van der Waals surface area (Å²) in [7, 11) is 0. The van der Waals surface area contributed by atoms with Crippen molar-refractivity contribution in [3.05, 3.63) is 33.9 Å². The molecule has 0 spiro atoms. The number of nitro groups is 1. The van der Waals surface area contributed by atoms with Crippen LogP contribution < -0.4 is 5.32 Å². The smallest absolute Gasteiger partial charge is 0.326 e. The zero-order chi connectivity index (χ0) is 16.2. The summed E-state index contributed by atoms with van der Waals surface area (Å²) < 4.78 is 0. The fourth-order valence-corrected chi connectivity index (χ4v) is 2.26. The number of carboxylic acid groups (broad SMARTS) is 1. The minimum absolute atomic E-state index is 0.0615. The summed E-state index contributed by atoms with van der Waals surface area (Å²) in [5.74, 6) is -2.09. The van der Waals surface area contributed by atoms with E-state index < -0.39 is 22.8 Å². The molecular weight excluding hydrogens is 296 g/mol. The van der Waals surface area contributed by atoms with Gasteiger partial charge >= 0.3 is 5.97 Å². The van der Waals surface area contributed by atoms with Crippen molar-refractivity contribution >= 4 is 29.3 Å². The maximum absolute atomic E-state index is 12.0. The van der Waals surface area contributed by atoms with Gasteiger partial charge in [0, 0.05) is 11.6 Å². The topological polar surface area (TPSA) is 110 Å². The van der Waals surface area contributed by atoms with Gasteiger partial charge in [-0.1, -0.05) is 13.8 Å². The van der Waals surface area contributed by atoms with Crippen LogP contribution in [0, 0.1) is 16.0 Å². The molecule has 0 bridgehead atoms. The van der Waals surface area contributed by atoms with Crippen LogP contribution >= 0.6 is 11.8 Å². The lowest BCUT2D eigenvalue weighted by atomic mass is 10.0. The molecule has 114 valence electrons. The summed E-state index contributed by atoms with van der Waals surface area (Å²) in [5, 5.41) is 22.4. The van der Waals surface area contributed by atoms with Gasteiger partial charge in [-0.15, -0.1) is 11.8 Å². The van der Waals surface area contributed by atoms with Crippen LogP contribution in [-0.4, -0.2) is 34.2 Å². The molecule has 2 N–H and O–H groups in total. The Morgan fingerprint density at radius 3 is 2.43 bits per heavy atom. The first-order valence-electron chi connectivity index (χ1n) is 6.14. The first-order chi connectivity index (χ1) is 9.77. The molecule has 0 aliphatic heterocycles. The minimum atomic E-state index is -1.14. The molecule has 0 fully saturated rings. The quantitative estimate of drug-likeness (QED) is 0.473. The number of nitrogens with zero attached hydrogens (tertiary/aromatic N) is 1. The van der Waals surface area contributed by atoms with Crippen molar-refractivity contribution in [2.24, 2.45) is 5.92 Å². The minimum Gasteiger partial charge on any atom is -0.480 e. The van der Waals surface area contributed by atoms with Crippen molar-refractivity contribution < 1.29 is 19.6 Å². The molecule has 0 radical (unpaired) electrons. The van der Waals surface area contributed by atoms with Crippen molar-refractivity contribution in [3.63, 3.8) is 0 Å². The second-order valence-corrected chi connectivity index (χ2v) is 5.53. The van der Waals surface area contributed by atoms with Gasteiger partial charge in [-0.3, -0.25) is 14.9 Å². The van der Waals surface area contributed by atoms with E-state index >= 15 is 0 Å². The highest BCUT2D eigenvalue weighted by Crippen LogP contribution is 2.28. The molecular formula is C13H16N2O5S. The van der Waals surface area contributed by atoms with Gasteiger partial charge < -0.3 is 10.4 Å². The molecule has 1 amide bonds. The number of carboxylic acids is 1. The number of nitro benzene ring substituents is 1. The second-order valence-electron chi connectivity index (χ2n) is 4.68. The normalized spacial score (nSPS) is 12.0. The predicted molar refractivity (Wildman–Crippen MR) is 78.6 cm³/mol. The summed E-state index contributed by atoms with van der Waals surface area (Å²) in [6, 6.07) is 3.02. The highest BCUT2D eigenvalue weighted by molar-refractivity contribution is 7.98. The number of aliphatic carboxylic acids is 1. The zero-order valence-electron chi connectivity index (χ0n) is 11.8. The second kappa shape index (κ2) is 7.07. The number of rotatable bonds is 6. The molecule has 1 aromatic rings. The summed E-state index contributed by atoms with van der Waals surface area (Å²) in [4.78, 5) is 33.9. The van der Waals surface area contributed by atoms with E-state index in [1.54, 1.807) is 20.1 Å². The lowest BCUT2D eigenvalue weighted by Gasteiger charge is -2.17. The van der Waals surface area contributed by atoms with Gasteiger partial charge in [0.15, 0.2) is 0 Å². The monoisotopic (exact) mass is 312 g/mol. The molecule has 7 nitrogen and oxygen atoms in total. The summed E-state index contributed by atoms with van der Waals surface area (Å²) >= 11 is 1.20. The van der Waals surface area contributed by atoms with Crippen LogP contribution in [0.5, 0.6) is 0 Å². The van der Waals surface area contributed by atoms with E-state index in [0.29, 0.717) is 4.90 Å². The number of amides is 1. The van der Waals surface area contributed by atoms with Crippen molar-refractivity contribution in [1.29, 1.82) is 0 Å². The lowest BCUT2D eigenvalue weighted by Crippen LogP contribution is -2.44. The third kappa shape index (κ3) is 4.19. The molecule has 1 atom stereocenters. The van der Waals surface area contributed by atoms with E-state index in [-0.39, 0.29) is 17.2 Å². The van der Waals surface area contributed by atoms with Crippen molar-refractivity contribution in [3.8, 4) is 0 Å². The molecule has 0 aliphatic rings. The van der Waals surface area contributed by atoms with Crippen LogP contribution in [0.2, 0.25) is 0 Å². The van der Waals surface area contributed by atoms with Crippen LogP contribution in [0.25, 0.3) is 0 Å². The van der Waals surface area contributed by atoms with Gasteiger partial charge in [-0.25, -0.2) is 4.79 Å². The summed E-state index contributed by atoms with van der Waals surface area (Å²) in [6.07, 6.45) is 1.70. The summed E-state index contributed by atoms with van der Waals surface area (Å²) in [5.41, 5.74) is -0.113. The Balaban J connectivity index is 3.05. The van der Waals surface area contributed by atoms with Crippen LogP contribution in [0.3, 0.4) is 0 Å². The van der Waals surface area contributed by atoms with Crippen LogP contribution in [0.4, 0.5) is 5.69 Å². The van der Waals surface area contributed by atoms with E-state index in [9.17, 15) is 19.7 Å². The fourth-order valence-electron chi connectivity index (χ4n) is 1.71. The lowest BCUT2D eigenvalue weighted by molar-refractivity contribution is -0.387. The first kappa shape index (κ1) is 17.0. The molecule has 21 heavy (non-hydrogen) atoms. The number of thioether (sulfide) groups is 1. The number of benzene rings is 1. The molecule has 1 aromatic carbocycles. The van der Waals surface area contributed by atoms with Gasteiger partial charge in [0.25, 0.3) is 11.6 Å². The van der Waals surface area contributed by atoms with Gasteiger partial charge in [0.1, 0.15) is 6.04 Å². The third-order valence-electron chi connectivity index (χ3n) is 2.86. The summed E-state index contributed by atoms with van der Waals surface area (Å²) in [6.45, 7) is 3.33. The number of carbonyl (C=O) groups excluding carboxylic acids is 1. The zero-order valence-corrected chi connectivity index (χ0v) is 12.6. The van der Waals surface area contributed by atoms with E-state index in [4.69, 9.17) is 5.11 Å². The Kier molecular flexibility index (Phi) is 5.71. The van der Waals surface area contributed by atoms with Gasteiger partial charge in [-0.2, -0.15) is 0 Å². The Bertz CT molecular complexity index is 574. The third-order valence-corrected chi connectivity index (χ3v) is 3.64.